The minimum atomic E-state index is -2.88. The lowest BCUT2D eigenvalue weighted by molar-refractivity contribution is -0.149. The summed E-state index contributed by atoms with van der Waals surface area (Å²) >= 11 is 0. The summed E-state index contributed by atoms with van der Waals surface area (Å²) in [6, 6.07) is -0.848. The number of nitrogens with two attached hydrogens (primary N) is 1. The summed E-state index contributed by atoms with van der Waals surface area (Å²) in [5.41, 5.74) is 11.3. The number of azide groups is 1. The Kier molecular flexibility index (Phi) is 5.27. The first kappa shape index (κ1) is 19.1. The zero-order valence-electron chi connectivity index (χ0n) is 13.8. The number of esters is 1. The highest BCUT2D eigenvalue weighted by molar-refractivity contribution is 7.36. The monoisotopic (exact) mass is 363 g/mol. The molecule has 1 aliphatic carbocycles. The fourth-order valence-electron chi connectivity index (χ4n) is 2.68. The number of ether oxygens (including phenoxy) is 2. The van der Waals surface area contributed by atoms with Crippen LogP contribution in [0.1, 0.15) is 27.7 Å². The molecule has 136 valence electrons. The molecule has 0 aromatic rings. The molecule has 12 heteroatoms. The van der Waals surface area contributed by atoms with Gasteiger partial charge in [0, 0.05) is 4.91 Å². The molecule has 24 heavy (non-hydrogen) atoms. The van der Waals surface area contributed by atoms with Crippen molar-refractivity contribution in [1.29, 1.82) is 0 Å². The zero-order valence-corrected chi connectivity index (χ0v) is 14.8. The lowest BCUT2D eigenvalue weighted by Crippen LogP contribution is -2.53. The first-order chi connectivity index (χ1) is 11.1. The van der Waals surface area contributed by atoms with Crippen LogP contribution >= 0.6 is 8.18 Å². The van der Waals surface area contributed by atoms with E-state index in [-0.39, 0.29) is 6.10 Å². The third-order valence-corrected chi connectivity index (χ3v) is 5.35. The second kappa shape index (κ2) is 6.61. The predicted octanol–water partition coefficient (Wildman–Crippen LogP) is 0.188. The molecule has 0 aromatic heterocycles. The second-order valence-electron chi connectivity index (χ2n) is 6.32. The number of nitrogens with zero attached hydrogens (tertiary/aromatic N) is 3. The van der Waals surface area contributed by atoms with E-state index >= 15 is 0 Å². The number of nitrogens with one attached hydrogen (secondary N) is 1. The maximum absolute atomic E-state index is 12.1. The van der Waals surface area contributed by atoms with Crippen molar-refractivity contribution in [3.8, 4) is 0 Å². The van der Waals surface area contributed by atoms with Crippen LogP contribution in [0.25, 0.3) is 10.4 Å². The Hall–Kier alpha value is -1.19. The van der Waals surface area contributed by atoms with E-state index in [1.54, 1.807) is 13.8 Å². The van der Waals surface area contributed by atoms with Crippen LogP contribution in [0.4, 0.5) is 0 Å². The van der Waals surface area contributed by atoms with Gasteiger partial charge in [-0.25, -0.2) is 5.09 Å². The normalized spacial score (nSPS) is 39.7. The Labute approximate surface area is 139 Å². The van der Waals surface area contributed by atoms with Crippen molar-refractivity contribution >= 4 is 14.1 Å². The van der Waals surface area contributed by atoms with Crippen molar-refractivity contribution in [2.45, 2.75) is 69.4 Å². The number of hydrogen-bond donors (Lipinski definition) is 3. The predicted molar refractivity (Wildman–Crippen MR) is 83.0 cm³/mol. The van der Waals surface area contributed by atoms with Gasteiger partial charge in [-0.15, -0.1) is 0 Å². The van der Waals surface area contributed by atoms with E-state index in [1.165, 1.54) is 13.8 Å². The van der Waals surface area contributed by atoms with Crippen molar-refractivity contribution in [2.24, 2.45) is 10.8 Å². The van der Waals surface area contributed by atoms with Crippen molar-refractivity contribution in [2.75, 3.05) is 0 Å². The Balaban J connectivity index is 1.96. The average Bonchev–Trinajstić information content (AvgIpc) is 2.95. The maximum Gasteiger partial charge on any atom is 0.323 e. The van der Waals surface area contributed by atoms with E-state index in [2.05, 4.69) is 15.1 Å². The van der Waals surface area contributed by atoms with Crippen LogP contribution in [0.2, 0.25) is 0 Å². The van der Waals surface area contributed by atoms with E-state index < -0.39 is 49.8 Å². The second-order valence-corrected chi connectivity index (χ2v) is 7.42. The number of rotatable bonds is 7. The molecule has 0 bridgehead atoms. The third-order valence-electron chi connectivity index (χ3n) is 4.22. The Morgan fingerprint density at radius 1 is 1.54 bits per heavy atom. The molecule has 0 amide bonds. The van der Waals surface area contributed by atoms with E-state index in [4.69, 9.17) is 25.3 Å². The SMILES string of the molecule is CC(C)OC(=O)[C@@H](C)N[PH](=O)OC1[C@H]2O[C@@H](N)[C@](C)(N=[N+]=[N-])[C@@]12O. The van der Waals surface area contributed by atoms with E-state index in [0.717, 1.165) is 0 Å². The minimum Gasteiger partial charge on any atom is -0.462 e. The quantitative estimate of drug-likeness (QED) is 0.189. The first-order valence-corrected chi connectivity index (χ1v) is 8.77. The van der Waals surface area contributed by atoms with Crippen LogP contribution in [-0.2, 0) is 23.4 Å². The molecule has 11 nitrogen and oxygen atoms in total. The number of carbonyl (C=O) groups excluding carboxylic acids is 1. The van der Waals surface area contributed by atoms with E-state index in [1.807, 2.05) is 0 Å². The lowest BCUT2D eigenvalue weighted by Gasteiger charge is -2.30. The summed E-state index contributed by atoms with van der Waals surface area (Å²) in [5.74, 6) is -0.571. The maximum atomic E-state index is 12.1. The highest BCUT2D eigenvalue weighted by Crippen LogP contribution is 2.59. The Bertz CT molecular complexity index is 598. The van der Waals surface area contributed by atoms with Gasteiger partial charge >= 0.3 is 5.97 Å². The minimum absolute atomic E-state index is 0.298. The summed E-state index contributed by atoms with van der Waals surface area (Å²) < 4.78 is 27.6. The molecule has 2 unspecified atom stereocenters. The molecule has 0 radical (unpaired) electrons. The van der Waals surface area contributed by atoms with Gasteiger partial charge < -0.3 is 24.8 Å². The topological polar surface area (TPSA) is 169 Å². The van der Waals surface area contributed by atoms with Gasteiger partial charge in [-0.05, 0) is 33.2 Å². The number of aliphatic hydroxyl groups is 1. The molecule has 0 spiro atoms. The van der Waals surface area contributed by atoms with Gasteiger partial charge in [0.05, 0.1) is 6.10 Å². The van der Waals surface area contributed by atoms with Gasteiger partial charge in [0.25, 0.3) is 8.18 Å². The smallest absolute Gasteiger partial charge is 0.323 e. The number of hydrogen-bond acceptors (Lipinski definition) is 8. The van der Waals surface area contributed by atoms with Crippen LogP contribution < -0.4 is 10.8 Å². The lowest BCUT2D eigenvalue weighted by atomic mass is 9.92. The average molecular weight is 363 g/mol. The molecule has 2 aliphatic rings. The van der Waals surface area contributed by atoms with Gasteiger partial charge in [-0.2, -0.15) is 0 Å². The van der Waals surface area contributed by atoms with Gasteiger partial charge in [-0.1, -0.05) is 5.11 Å². The molecule has 1 saturated carbocycles. The first-order valence-electron chi connectivity index (χ1n) is 7.45. The van der Waals surface area contributed by atoms with E-state index in [0.29, 0.717) is 0 Å². The van der Waals surface area contributed by atoms with Gasteiger partial charge in [0.15, 0.2) is 0 Å². The van der Waals surface area contributed by atoms with Crippen LogP contribution in [0.15, 0.2) is 5.11 Å². The van der Waals surface area contributed by atoms with Crippen LogP contribution in [0.3, 0.4) is 0 Å². The van der Waals surface area contributed by atoms with E-state index in [9.17, 15) is 14.5 Å². The molecule has 4 N–H and O–H groups in total. The molecule has 1 aliphatic heterocycles. The van der Waals surface area contributed by atoms with Crippen molar-refractivity contribution in [3.63, 3.8) is 0 Å². The third kappa shape index (κ3) is 3.04. The van der Waals surface area contributed by atoms with Crippen LogP contribution in [0, 0.1) is 0 Å². The van der Waals surface area contributed by atoms with Crippen molar-refractivity contribution in [3.05, 3.63) is 10.4 Å². The number of carbonyl (C=O) groups is 1. The molecular formula is C12H22N5O6P. The zero-order chi connectivity index (χ0) is 18.3. The van der Waals surface area contributed by atoms with Crippen LogP contribution in [0.5, 0.6) is 0 Å². The fraction of sp³-hybridized carbons (Fsp3) is 0.917. The largest absolute Gasteiger partial charge is 0.462 e. The highest BCUT2D eigenvalue weighted by atomic mass is 31.1. The molecular weight excluding hydrogens is 341 g/mol. The molecule has 1 heterocycles. The summed E-state index contributed by atoms with van der Waals surface area (Å²) in [6.45, 7) is 6.31. The molecule has 1 saturated heterocycles. The van der Waals surface area contributed by atoms with Gasteiger partial charge in [0.2, 0.25) is 0 Å². The number of fused-ring (bicyclic) bond motifs is 1. The molecule has 2 fully saturated rings. The van der Waals surface area contributed by atoms with Crippen molar-refractivity contribution in [1.82, 2.24) is 5.09 Å². The van der Waals surface area contributed by atoms with Gasteiger partial charge in [-0.3, -0.25) is 9.36 Å². The standard InChI is InChI=1S/C12H22N5O6P/c1-5(2)21-9(18)6(3)15-24(20)23-8-7-12(8,19)11(4,16-17-14)10(13)22-7/h5-8,10,19,24H,13H2,1-4H3,(H,15,20)/t6-,7-,8?,10-,11+,12+/m1/s1. The fourth-order valence-corrected chi connectivity index (χ4v) is 3.76. The Morgan fingerprint density at radius 3 is 2.71 bits per heavy atom. The molecule has 7 atom stereocenters. The summed E-state index contributed by atoms with van der Waals surface area (Å²) in [6.07, 6.45) is -3.12. The summed E-state index contributed by atoms with van der Waals surface area (Å²) in [4.78, 5) is 14.3. The Morgan fingerprint density at radius 2 is 2.17 bits per heavy atom. The molecule has 2 rings (SSSR count). The van der Waals surface area contributed by atoms with Crippen molar-refractivity contribution < 1.29 is 28.5 Å². The summed E-state index contributed by atoms with van der Waals surface area (Å²) in [5, 5.41) is 16.6. The molecule has 0 aromatic carbocycles. The highest BCUT2D eigenvalue weighted by Gasteiger charge is 2.82. The van der Waals surface area contributed by atoms with Gasteiger partial charge in [0.1, 0.15) is 35.6 Å². The van der Waals surface area contributed by atoms with Crippen LogP contribution in [-0.4, -0.2) is 52.8 Å². The summed E-state index contributed by atoms with van der Waals surface area (Å²) in [7, 11) is -2.88.